The molecule has 7 heteroatoms. The topological polar surface area (TPSA) is 80.4 Å². The normalized spacial score (nSPS) is 20.5. The molecular formula is C18H22N4O3. The summed E-state index contributed by atoms with van der Waals surface area (Å²) in [5.74, 6) is 0.0852. The van der Waals surface area contributed by atoms with E-state index in [1.54, 1.807) is 21.8 Å². The molecule has 1 atom stereocenters. The zero-order chi connectivity index (χ0) is 17.4. The van der Waals surface area contributed by atoms with Crippen LogP contribution in [0.15, 0.2) is 29.0 Å². The van der Waals surface area contributed by atoms with Crippen molar-refractivity contribution in [2.24, 2.45) is 0 Å². The lowest BCUT2D eigenvalue weighted by Crippen LogP contribution is -2.48. The van der Waals surface area contributed by atoms with Gasteiger partial charge in [0.05, 0.1) is 25.0 Å². The van der Waals surface area contributed by atoms with Crippen LogP contribution in [0.4, 0.5) is 0 Å². The van der Waals surface area contributed by atoms with Gasteiger partial charge in [0.1, 0.15) is 6.04 Å². The van der Waals surface area contributed by atoms with Crippen molar-refractivity contribution in [3.8, 4) is 0 Å². The Morgan fingerprint density at radius 3 is 2.80 bits per heavy atom. The molecule has 1 saturated carbocycles. The Hall–Kier alpha value is -2.57. The van der Waals surface area contributed by atoms with Crippen molar-refractivity contribution in [1.29, 1.82) is 0 Å². The first kappa shape index (κ1) is 15.9. The average Bonchev–Trinajstić information content (AvgIpc) is 3.34. The van der Waals surface area contributed by atoms with E-state index in [9.17, 15) is 9.59 Å². The second kappa shape index (κ2) is 6.38. The molecule has 0 aromatic carbocycles. The van der Waals surface area contributed by atoms with E-state index < -0.39 is 6.04 Å². The molecule has 7 nitrogen and oxygen atoms in total. The molecule has 3 heterocycles. The van der Waals surface area contributed by atoms with E-state index in [0.717, 1.165) is 36.9 Å². The summed E-state index contributed by atoms with van der Waals surface area (Å²) in [6.45, 7) is 2.56. The summed E-state index contributed by atoms with van der Waals surface area (Å²) >= 11 is 0. The van der Waals surface area contributed by atoms with Gasteiger partial charge in [-0.1, -0.05) is 12.8 Å². The minimum atomic E-state index is -0.501. The SMILES string of the molecule is Cc1ccoc1C(=O)N1Cc2ccnn2C(C(=O)NC2CCCC2)C1. The maximum atomic E-state index is 12.8. The van der Waals surface area contributed by atoms with E-state index in [2.05, 4.69) is 10.4 Å². The molecule has 0 spiro atoms. The van der Waals surface area contributed by atoms with Crippen LogP contribution in [0, 0.1) is 6.92 Å². The lowest BCUT2D eigenvalue weighted by molar-refractivity contribution is -0.126. The standard InChI is InChI=1S/C18H22N4O3/c1-12-7-9-25-16(12)18(24)21-10-14-6-8-19-22(14)15(11-21)17(23)20-13-4-2-3-5-13/h6-9,13,15H,2-5,10-11H2,1H3,(H,20,23). The zero-order valence-corrected chi connectivity index (χ0v) is 14.3. The molecule has 4 rings (SSSR count). The Balaban J connectivity index is 1.56. The van der Waals surface area contributed by atoms with E-state index in [1.165, 1.54) is 6.26 Å². The highest BCUT2D eigenvalue weighted by atomic mass is 16.3. The quantitative estimate of drug-likeness (QED) is 0.926. The Morgan fingerprint density at radius 2 is 2.08 bits per heavy atom. The number of amides is 2. The van der Waals surface area contributed by atoms with Crippen molar-refractivity contribution in [3.05, 3.63) is 41.6 Å². The number of fused-ring (bicyclic) bond motifs is 1. The van der Waals surface area contributed by atoms with Crippen molar-refractivity contribution in [2.45, 2.75) is 51.2 Å². The van der Waals surface area contributed by atoms with Crippen molar-refractivity contribution in [2.75, 3.05) is 6.54 Å². The summed E-state index contributed by atoms with van der Waals surface area (Å²) in [5.41, 5.74) is 1.66. The summed E-state index contributed by atoms with van der Waals surface area (Å²) < 4.78 is 7.08. The predicted octanol–water partition coefficient (Wildman–Crippen LogP) is 2.04. The molecule has 2 aliphatic rings. The third kappa shape index (κ3) is 2.94. The highest BCUT2D eigenvalue weighted by Crippen LogP contribution is 2.25. The Bertz CT molecular complexity index is 788. The van der Waals surface area contributed by atoms with Gasteiger partial charge in [-0.25, -0.2) is 0 Å². The molecule has 2 aromatic rings. The molecule has 132 valence electrons. The van der Waals surface area contributed by atoms with Crippen molar-refractivity contribution in [3.63, 3.8) is 0 Å². The number of hydrogen-bond acceptors (Lipinski definition) is 4. The van der Waals surface area contributed by atoms with E-state index >= 15 is 0 Å². The van der Waals surface area contributed by atoms with Gasteiger partial charge < -0.3 is 14.6 Å². The van der Waals surface area contributed by atoms with Crippen LogP contribution >= 0.6 is 0 Å². The summed E-state index contributed by atoms with van der Waals surface area (Å²) in [6.07, 6.45) is 7.56. The lowest BCUT2D eigenvalue weighted by Gasteiger charge is -2.33. The molecular weight excluding hydrogens is 320 g/mol. The van der Waals surface area contributed by atoms with Crippen molar-refractivity contribution < 1.29 is 14.0 Å². The average molecular weight is 342 g/mol. The van der Waals surface area contributed by atoms with Gasteiger partial charge in [-0.15, -0.1) is 0 Å². The molecule has 0 saturated heterocycles. The van der Waals surface area contributed by atoms with E-state index in [1.807, 2.05) is 13.0 Å². The van der Waals surface area contributed by atoms with Gasteiger partial charge in [0.2, 0.25) is 5.91 Å². The lowest BCUT2D eigenvalue weighted by atomic mass is 10.1. The summed E-state index contributed by atoms with van der Waals surface area (Å²) in [5, 5.41) is 7.43. The highest BCUT2D eigenvalue weighted by Gasteiger charge is 2.35. The van der Waals surface area contributed by atoms with E-state index in [0.29, 0.717) is 18.8 Å². The molecule has 1 N–H and O–H groups in total. The monoisotopic (exact) mass is 342 g/mol. The number of nitrogens with zero attached hydrogens (tertiary/aromatic N) is 3. The number of rotatable bonds is 3. The van der Waals surface area contributed by atoms with Gasteiger partial charge in [0.25, 0.3) is 5.91 Å². The smallest absolute Gasteiger partial charge is 0.290 e. The maximum Gasteiger partial charge on any atom is 0.290 e. The van der Waals surface area contributed by atoms with E-state index in [-0.39, 0.29) is 17.9 Å². The summed E-state index contributed by atoms with van der Waals surface area (Å²) in [6, 6.07) is 3.36. The molecule has 2 aromatic heterocycles. The van der Waals surface area contributed by atoms with Gasteiger partial charge in [-0.3, -0.25) is 14.3 Å². The first-order chi connectivity index (χ1) is 12.1. The third-order valence-corrected chi connectivity index (χ3v) is 5.14. The summed E-state index contributed by atoms with van der Waals surface area (Å²) in [7, 11) is 0. The van der Waals surface area contributed by atoms with Crippen LogP contribution in [-0.4, -0.2) is 39.1 Å². The Labute approximate surface area is 146 Å². The van der Waals surface area contributed by atoms with Gasteiger partial charge >= 0.3 is 0 Å². The number of hydrogen-bond donors (Lipinski definition) is 1. The minimum absolute atomic E-state index is 0.0643. The van der Waals surface area contributed by atoms with Crippen LogP contribution in [0.2, 0.25) is 0 Å². The third-order valence-electron chi connectivity index (χ3n) is 5.14. The number of carbonyl (C=O) groups excluding carboxylic acids is 2. The van der Waals surface area contributed by atoms with Gasteiger partial charge in [0, 0.05) is 17.8 Å². The maximum absolute atomic E-state index is 12.8. The van der Waals surface area contributed by atoms with E-state index in [4.69, 9.17) is 4.42 Å². The first-order valence-electron chi connectivity index (χ1n) is 8.79. The predicted molar refractivity (Wildman–Crippen MR) is 89.8 cm³/mol. The van der Waals surface area contributed by atoms with Gasteiger partial charge in [-0.05, 0) is 31.9 Å². The second-order valence-electron chi connectivity index (χ2n) is 6.89. The molecule has 1 fully saturated rings. The Morgan fingerprint density at radius 1 is 1.28 bits per heavy atom. The summed E-state index contributed by atoms with van der Waals surface area (Å²) in [4.78, 5) is 27.3. The number of carbonyl (C=O) groups is 2. The molecule has 1 aliphatic carbocycles. The fourth-order valence-electron chi connectivity index (χ4n) is 3.75. The number of aryl methyl sites for hydroxylation is 1. The van der Waals surface area contributed by atoms with Crippen LogP contribution in [0.5, 0.6) is 0 Å². The van der Waals surface area contributed by atoms with Gasteiger partial charge in [0.15, 0.2) is 5.76 Å². The molecule has 1 unspecified atom stereocenters. The minimum Gasteiger partial charge on any atom is -0.459 e. The number of furan rings is 1. The molecule has 0 radical (unpaired) electrons. The van der Waals surface area contributed by atoms with Crippen LogP contribution in [-0.2, 0) is 11.3 Å². The Kier molecular flexibility index (Phi) is 4.07. The molecule has 2 amide bonds. The van der Waals surface area contributed by atoms with Crippen molar-refractivity contribution >= 4 is 11.8 Å². The largest absolute Gasteiger partial charge is 0.459 e. The number of nitrogens with one attached hydrogen (secondary N) is 1. The molecule has 0 bridgehead atoms. The van der Waals surface area contributed by atoms with Crippen molar-refractivity contribution in [1.82, 2.24) is 20.0 Å². The van der Waals surface area contributed by atoms with Crippen LogP contribution < -0.4 is 5.32 Å². The van der Waals surface area contributed by atoms with Crippen LogP contribution in [0.25, 0.3) is 0 Å². The fraction of sp³-hybridized carbons (Fsp3) is 0.500. The zero-order valence-electron chi connectivity index (χ0n) is 14.3. The first-order valence-corrected chi connectivity index (χ1v) is 8.79. The molecule has 25 heavy (non-hydrogen) atoms. The van der Waals surface area contributed by atoms with Crippen LogP contribution in [0.3, 0.4) is 0 Å². The molecule has 1 aliphatic heterocycles. The van der Waals surface area contributed by atoms with Crippen LogP contribution in [0.1, 0.15) is 53.5 Å². The highest BCUT2D eigenvalue weighted by molar-refractivity contribution is 5.93. The van der Waals surface area contributed by atoms with Gasteiger partial charge in [-0.2, -0.15) is 5.10 Å². The fourth-order valence-corrected chi connectivity index (χ4v) is 3.75. The number of aromatic nitrogens is 2. The second-order valence-corrected chi connectivity index (χ2v) is 6.89.